The van der Waals surface area contributed by atoms with E-state index in [1.165, 1.54) is 6.07 Å². The minimum absolute atomic E-state index is 0.184. The van der Waals surface area contributed by atoms with Crippen LogP contribution in [0.4, 0.5) is 0 Å². The number of hydrogen-bond acceptors (Lipinski definition) is 5. The molecule has 0 aliphatic rings. The van der Waals surface area contributed by atoms with Gasteiger partial charge in [0.2, 0.25) is 0 Å². The van der Waals surface area contributed by atoms with Crippen LogP contribution in [0, 0.1) is 0 Å². The molecule has 0 aliphatic heterocycles. The maximum Gasteiger partial charge on any atom is 0.251 e. The van der Waals surface area contributed by atoms with E-state index < -0.39 is 0 Å². The number of pyridine rings is 2. The number of aromatic amines is 1. The van der Waals surface area contributed by atoms with Gasteiger partial charge in [0.15, 0.2) is 0 Å². The van der Waals surface area contributed by atoms with Crippen LogP contribution in [0.25, 0.3) is 22.6 Å². The van der Waals surface area contributed by atoms with Crippen LogP contribution in [0.3, 0.4) is 0 Å². The van der Waals surface area contributed by atoms with Gasteiger partial charge in [-0.25, -0.2) is 4.98 Å². The van der Waals surface area contributed by atoms with E-state index in [0.717, 1.165) is 41.9 Å². The molecule has 4 rings (SSSR count). The third-order valence-electron chi connectivity index (χ3n) is 4.83. The monoisotopic (exact) mass is 397 g/mol. The fourth-order valence-electron chi connectivity index (χ4n) is 3.32. The van der Waals surface area contributed by atoms with Gasteiger partial charge in [-0.05, 0) is 42.9 Å². The molecule has 0 fully saturated rings. The zero-order valence-electron chi connectivity index (χ0n) is 16.8. The Balaban J connectivity index is 1.51. The molecule has 0 spiro atoms. The maximum absolute atomic E-state index is 12.2. The van der Waals surface area contributed by atoms with E-state index in [2.05, 4.69) is 44.0 Å². The molecule has 6 heteroatoms. The van der Waals surface area contributed by atoms with Gasteiger partial charge in [-0.3, -0.25) is 14.8 Å². The number of aromatic nitrogens is 4. The summed E-state index contributed by atoms with van der Waals surface area (Å²) in [5, 5.41) is 0. The van der Waals surface area contributed by atoms with Gasteiger partial charge in [0, 0.05) is 61.0 Å². The Morgan fingerprint density at radius 1 is 0.967 bits per heavy atom. The lowest BCUT2D eigenvalue weighted by atomic mass is 10.1. The summed E-state index contributed by atoms with van der Waals surface area (Å²) in [6, 6.07) is 19.3. The van der Waals surface area contributed by atoms with E-state index >= 15 is 0 Å². The van der Waals surface area contributed by atoms with E-state index in [0.29, 0.717) is 11.5 Å². The minimum atomic E-state index is -0.184. The zero-order valence-corrected chi connectivity index (χ0v) is 16.8. The zero-order chi connectivity index (χ0) is 20.8. The number of rotatable bonds is 7. The van der Waals surface area contributed by atoms with Gasteiger partial charge in [-0.2, -0.15) is 0 Å². The lowest BCUT2D eigenvalue weighted by Crippen LogP contribution is -2.21. The third-order valence-corrected chi connectivity index (χ3v) is 4.83. The molecular formula is C24H23N5O. The van der Waals surface area contributed by atoms with Gasteiger partial charge in [0.25, 0.3) is 5.56 Å². The van der Waals surface area contributed by atoms with Crippen LogP contribution in [0.5, 0.6) is 0 Å². The largest absolute Gasteiger partial charge is 0.306 e. The number of H-pyrrole nitrogens is 1. The average Bonchev–Trinajstić information content (AvgIpc) is 2.79. The van der Waals surface area contributed by atoms with Crippen LogP contribution in [-0.4, -0.2) is 38.4 Å². The fourth-order valence-corrected chi connectivity index (χ4v) is 3.32. The second-order valence-corrected chi connectivity index (χ2v) is 7.23. The molecule has 0 saturated heterocycles. The van der Waals surface area contributed by atoms with Crippen LogP contribution >= 0.6 is 0 Å². The van der Waals surface area contributed by atoms with Gasteiger partial charge in [0.05, 0.1) is 5.69 Å². The van der Waals surface area contributed by atoms with Crippen LogP contribution in [0.15, 0.2) is 84.0 Å². The lowest BCUT2D eigenvalue weighted by Gasteiger charge is -2.17. The van der Waals surface area contributed by atoms with E-state index in [4.69, 9.17) is 0 Å². The summed E-state index contributed by atoms with van der Waals surface area (Å²) in [5.41, 5.74) is 4.37. The first-order valence-corrected chi connectivity index (χ1v) is 9.87. The SMILES string of the molecule is CN(CCc1ccccn1)Cc1cccc(-c2nc(-c3cccnc3)cc(=O)[nH]2)c1. The Bertz CT molecular complexity index is 1160. The van der Waals surface area contributed by atoms with Gasteiger partial charge in [-0.1, -0.05) is 24.3 Å². The first-order chi connectivity index (χ1) is 14.7. The second kappa shape index (κ2) is 9.24. The molecule has 3 heterocycles. The molecule has 0 unspecified atom stereocenters. The van der Waals surface area contributed by atoms with Crippen LogP contribution in [0.2, 0.25) is 0 Å². The minimum Gasteiger partial charge on any atom is -0.306 e. The first kappa shape index (κ1) is 19.7. The summed E-state index contributed by atoms with van der Waals surface area (Å²) < 4.78 is 0. The molecule has 1 aromatic carbocycles. The van der Waals surface area contributed by atoms with Gasteiger partial charge < -0.3 is 9.88 Å². The second-order valence-electron chi connectivity index (χ2n) is 7.23. The van der Waals surface area contributed by atoms with Crippen molar-refractivity contribution in [3.05, 3.63) is 101 Å². The van der Waals surface area contributed by atoms with Crippen molar-refractivity contribution in [2.45, 2.75) is 13.0 Å². The van der Waals surface area contributed by atoms with Crippen molar-refractivity contribution >= 4 is 0 Å². The van der Waals surface area contributed by atoms with E-state index in [9.17, 15) is 4.79 Å². The molecule has 4 aromatic rings. The maximum atomic E-state index is 12.2. The summed E-state index contributed by atoms with van der Waals surface area (Å²) in [6.07, 6.45) is 6.13. The number of hydrogen-bond donors (Lipinski definition) is 1. The van der Waals surface area contributed by atoms with E-state index in [1.54, 1.807) is 12.4 Å². The number of nitrogens with one attached hydrogen (secondary N) is 1. The molecule has 1 N–H and O–H groups in total. The highest BCUT2D eigenvalue weighted by atomic mass is 16.1. The molecule has 0 saturated carbocycles. The summed E-state index contributed by atoms with van der Waals surface area (Å²) in [7, 11) is 2.10. The van der Waals surface area contributed by atoms with Crippen molar-refractivity contribution in [2.75, 3.05) is 13.6 Å². The molecule has 0 amide bonds. The molecule has 3 aromatic heterocycles. The smallest absolute Gasteiger partial charge is 0.251 e. The number of nitrogens with zero attached hydrogens (tertiary/aromatic N) is 4. The predicted molar refractivity (Wildman–Crippen MR) is 118 cm³/mol. The Kier molecular flexibility index (Phi) is 6.06. The van der Waals surface area contributed by atoms with E-state index in [-0.39, 0.29) is 5.56 Å². The highest BCUT2D eigenvalue weighted by Crippen LogP contribution is 2.20. The molecule has 0 aliphatic carbocycles. The Morgan fingerprint density at radius 2 is 1.87 bits per heavy atom. The van der Waals surface area contributed by atoms with Crippen molar-refractivity contribution in [3.8, 4) is 22.6 Å². The van der Waals surface area contributed by atoms with Gasteiger partial charge in [0.1, 0.15) is 5.82 Å². The van der Waals surface area contributed by atoms with Crippen molar-refractivity contribution in [1.82, 2.24) is 24.8 Å². The lowest BCUT2D eigenvalue weighted by molar-refractivity contribution is 0.330. The quantitative estimate of drug-likeness (QED) is 0.516. The standard InChI is InChI=1S/C24H23N5O/c1-29(13-10-21-9-2-3-12-26-21)17-18-6-4-7-19(14-18)24-27-22(15-23(30)28-24)20-8-5-11-25-16-20/h2-9,11-12,14-16H,10,13,17H2,1H3,(H,27,28,30). The number of likely N-dealkylation sites (N-methyl/N-ethyl adjacent to an activating group) is 1. The summed E-state index contributed by atoms with van der Waals surface area (Å²) in [6.45, 7) is 1.71. The highest BCUT2D eigenvalue weighted by Gasteiger charge is 2.08. The Morgan fingerprint density at radius 3 is 2.67 bits per heavy atom. The molecule has 6 nitrogen and oxygen atoms in total. The fraction of sp³-hybridized carbons (Fsp3) is 0.167. The molecule has 30 heavy (non-hydrogen) atoms. The highest BCUT2D eigenvalue weighted by molar-refractivity contribution is 5.63. The molecular weight excluding hydrogens is 374 g/mol. The van der Waals surface area contributed by atoms with Crippen molar-refractivity contribution < 1.29 is 0 Å². The normalized spacial score (nSPS) is 11.0. The summed E-state index contributed by atoms with van der Waals surface area (Å²) in [5.74, 6) is 0.555. The van der Waals surface area contributed by atoms with Crippen molar-refractivity contribution in [3.63, 3.8) is 0 Å². The Labute approximate surface area is 175 Å². The molecule has 0 bridgehead atoms. The first-order valence-electron chi connectivity index (χ1n) is 9.87. The summed E-state index contributed by atoms with van der Waals surface area (Å²) >= 11 is 0. The molecule has 150 valence electrons. The topological polar surface area (TPSA) is 74.8 Å². The predicted octanol–water partition coefficient (Wildman–Crippen LogP) is 3.57. The van der Waals surface area contributed by atoms with Crippen LogP contribution in [0.1, 0.15) is 11.3 Å². The van der Waals surface area contributed by atoms with Crippen molar-refractivity contribution in [2.24, 2.45) is 0 Å². The molecule has 0 atom stereocenters. The van der Waals surface area contributed by atoms with Crippen LogP contribution in [-0.2, 0) is 13.0 Å². The third kappa shape index (κ3) is 5.04. The Hall–Kier alpha value is -3.64. The van der Waals surface area contributed by atoms with E-state index in [1.807, 2.05) is 48.7 Å². The van der Waals surface area contributed by atoms with Crippen molar-refractivity contribution in [1.29, 1.82) is 0 Å². The number of benzene rings is 1. The summed E-state index contributed by atoms with van der Waals surface area (Å²) in [4.78, 5) is 30.5. The van der Waals surface area contributed by atoms with Gasteiger partial charge >= 0.3 is 0 Å². The van der Waals surface area contributed by atoms with Crippen LogP contribution < -0.4 is 5.56 Å². The molecule has 0 radical (unpaired) electrons. The van der Waals surface area contributed by atoms with Gasteiger partial charge in [-0.15, -0.1) is 0 Å². The average molecular weight is 397 g/mol.